The van der Waals surface area contributed by atoms with E-state index in [1.54, 1.807) is 42.1 Å². The molecule has 2 aromatic heterocycles. The highest BCUT2D eigenvalue weighted by Crippen LogP contribution is 2.28. The Labute approximate surface area is 161 Å². The van der Waals surface area contributed by atoms with E-state index in [0.717, 1.165) is 12.0 Å². The zero-order chi connectivity index (χ0) is 19.9. The monoisotopic (exact) mass is 384 g/mol. The highest BCUT2D eigenvalue weighted by Gasteiger charge is 2.16. The number of carbonyl (C=O) groups excluding carboxylic acids is 1. The highest BCUT2D eigenvalue weighted by atomic mass is 16.6. The number of furan rings is 1. The first-order valence-corrected chi connectivity index (χ1v) is 8.75. The van der Waals surface area contributed by atoms with Crippen LogP contribution >= 0.6 is 0 Å². The predicted molar refractivity (Wildman–Crippen MR) is 100 cm³/mol. The molecule has 9 heteroatoms. The first-order chi connectivity index (χ1) is 13.5. The van der Waals surface area contributed by atoms with E-state index in [4.69, 9.17) is 9.15 Å². The summed E-state index contributed by atoms with van der Waals surface area (Å²) in [6, 6.07) is 9.72. The van der Waals surface area contributed by atoms with Crippen molar-refractivity contribution in [3.8, 4) is 5.75 Å². The molecule has 0 radical (unpaired) electrons. The Morgan fingerprint density at radius 1 is 1.36 bits per heavy atom. The number of nitrogens with one attached hydrogen (secondary N) is 1. The maximum absolute atomic E-state index is 12.1. The van der Waals surface area contributed by atoms with Crippen molar-refractivity contribution in [1.82, 2.24) is 15.1 Å². The normalized spacial score (nSPS) is 10.6. The number of rotatable bonds is 9. The molecular formula is C19H20N4O5. The third kappa shape index (κ3) is 4.97. The molecule has 1 aromatic carbocycles. The smallest absolute Gasteiger partial charge is 0.311 e. The number of benzene rings is 1. The van der Waals surface area contributed by atoms with Crippen molar-refractivity contribution in [2.75, 3.05) is 6.54 Å². The maximum Gasteiger partial charge on any atom is 0.311 e. The summed E-state index contributed by atoms with van der Waals surface area (Å²) in [6.45, 7) is 2.94. The number of aromatic nitrogens is 2. The van der Waals surface area contributed by atoms with Crippen molar-refractivity contribution in [3.05, 3.63) is 76.0 Å². The van der Waals surface area contributed by atoms with Gasteiger partial charge in [0, 0.05) is 31.5 Å². The Kier molecular flexibility index (Phi) is 6.05. The zero-order valence-electron chi connectivity index (χ0n) is 15.3. The summed E-state index contributed by atoms with van der Waals surface area (Å²) in [4.78, 5) is 22.7. The van der Waals surface area contributed by atoms with Crippen LogP contribution in [0.4, 0.5) is 5.69 Å². The molecule has 1 N–H and O–H groups in total. The lowest BCUT2D eigenvalue weighted by Crippen LogP contribution is -2.24. The molecule has 9 nitrogen and oxygen atoms in total. The third-order valence-electron chi connectivity index (χ3n) is 3.98. The van der Waals surface area contributed by atoms with Crippen LogP contribution in [0.3, 0.4) is 0 Å². The fourth-order valence-corrected chi connectivity index (χ4v) is 2.58. The molecule has 2 heterocycles. The van der Waals surface area contributed by atoms with Crippen molar-refractivity contribution in [2.45, 2.75) is 26.5 Å². The molecule has 28 heavy (non-hydrogen) atoms. The van der Waals surface area contributed by atoms with Crippen molar-refractivity contribution in [1.29, 1.82) is 0 Å². The molecule has 0 spiro atoms. The Morgan fingerprint density at radius 2 is 2.21 bits per heavy atom. The summed E-state index contributed by atoms with van der Waals surface area (Å²) in [6.07, 6.45) is 4.30. The molecule has 0 aliphatic rings. The van der Waals surface area contributed by atoms with Gasteiger partial charge in [-0.15, -0.1) is 0 Å². The van der Waals surface area contributed by atoms with Gasteiger partial charge in [0.25, 0.3) is 5.91 Å². The van der Waals surface area contributed by atoms with Gasteiger partial charge < -0.3 is 14.5 Å². The number of ether oxygens (including phenoxy) is 1. The summed E-state index contributed by atoms with van der Waals surface area (Å²) in [7, 11) is 0. The van der Waals surface area contributed by atoms with Crippen LogP contribution in [0, 0.1) is 17.0 Å². The number of hydrogen-bond acceptors (Lipinski definition) is 6. The number of nitrogens with zero attached hydrogens (tertiary/aromatic N) is 3. The summed E-state index contributed by atoms with van der Waals surface area (Å²) >= 11 is 0. The largest absolute Gasteiger partial charge is 0.479 e. The van der Waals surface area contributed by atoms with Gasteiger partial charge in [-0.25, -0.2) is 0 Å². The van der Waals surface area contributed by atoms with E-state index in [9.17, 15) is 14.9 Å². The summed E-state index contributed by atoms with van der Waals surface area (Å²) in [5, 5.41) is 18.0. The topological polar surface area (TPSA) is 112 Å². The van der Waals surface area contributed by atoms with Gasteiger partial charge in [-0.2, -0.15) is 5.10 Å². The zero-order valence-corrected chi connectivity index (χ0v) is 15.3. The summed E-state index contributed by atoms with van der Waals surface area (Å²) in [5.41, 5.74) is 0.658. The number of aryl methyl sites for hydroxylation is 2. The Balaban J connectivity index is 1.50. The minimum absolute atomic E-state index is 0.0174. The second kappa shape index (κ2) is 8.85. The van der Waals surface area contributed by atoms with Crippen LogP contribution < -0.4 is 10.1 Å². The van der Waals surface area contributed by atoms with Crippen LogP contribution in [0.5, 0.6) is 5.75 Å². The lowest BCUT2D eigenvalue weighted by atomic mass is 10.2. The van der Waals surface area contributed by atoms with Gasteiger partial charge in [0.05, 0.1) is 4.92 Å². The fraction of sp³-hybridized carbons (Fsp3) is 0.263. The van der Waals surface area contributed by atoms with E-state index in [1.807, 2.05) is 12.3 Å². The highest BCUT2D eigenvalue weighted by molar-refractivity contribution is 5.91. The maximum atomic E-state index is 12.1. The molecule has 0 bridgehead atoms. The number of hydrogen-bond donors (Lipinski definition) is 1. The molecular weight excluding hydrogens is 364 g/mol. The van der Waals surface area contributed by atoms with Crippen LogP contribution in [-0.4, -0.2) is 27.2 Å². The van der Waals surface area contributed by atoms with Gasteiger partial charge in [-0.05, 0) is 43.2 Å². The summed E-state index contributed by atoms with van der Waals surface area (Å²) in [5.74, 6) is 0.386. The van der Waals surface area contributed by atoms with E-state index in [1.165, 1.54) is 6.07 Å². The number of carbonyl (C=O) groups is 1. The molecule has 3 aromatic rings. The van der Waals surface area contributed by atoms with Crippen LogP contribution in [-0.2, 0) is 13.2 Å². The van der Waals surface area contributed by atoms with Gasteiger partial charge in [-0.1, -0.05) is 6.07 Å². The van der Waals surface area contributed by atoms with Crippen molar-refractivity contribution < 1.29 is 18.9 Å². The first kappa shape index (κ1) is 19.2. The standard InChI is InChI=1S/C19H20N4O5/c1-14-4-6-17(16(12-14)23(25)26)27-13-15-5-7-18(28-15)19(24)20-8-2-10-22-11-3-9-21-22/h3-7,9,11-12H,2,8,10,13H2,1H3,(H,20,24). The molecule has 0 aliphatic heterocycles. The Bertz CT molecular complexity index is 949. The number of nitro groups is 1. The molecule has 1 amide bonds. The van der Waals surface area contributed by atoms with Crippen LogP contribution in [0.25, 0.3) is 0 Å². The SMILES string of the molecule is Cc1ccc(OCc2ccc(C(=O)NCCCn3cccn3)o2)c([N+](=O)[O-])c1. The van der Waals surface area contributed by atoms with Crippen LogP contribution in [0.2, 0.25) is 0 Å². The minimum atomic E-state index is -0.493. The molecule has 0 atom stereocenters. The minimum Gasteiger partial charge on any atom is -0.479 e. The predicted octanol–water partition coefficient (Wildman–Crippen LogP) is 3.09. The van der Waals surface area contributed by atoms with Crippen molar-refractivity contribution >= 4 is 11.6 Å². The molecule has 0 fully saturated rings. The van der Waals surface area contributed by atoms with Gasteiger partial charge in [0.1, 0.15) is 12.4 Å². The van der Waals surface area contributed by atoms with Gasteiger partial charge in [0.15, 0.2) is 11.5 Å². The second-order valence-corrected chi connectivity index (χ2v) is 6.16. The van der Waals surface area contributed by atoms with Crippen molar-refractivity contribution in [3.63, 3.8) is 0 Å². The quantitative estimate of drug-likeness (QED) is 0.345. The van der Waals surface area contributed by atoms with E-state index in [2.05, 4.69) is 10.4 Å². The molecule has 0 saturated carbocycles. The average Bonchev–Trinajstić information content (AvgIpc) is 3.36. The van der Waals surface area contributed by atoms with Crippen molar-refractivity contribution in [2.24, 2.45) is 0 Å². The molecule has 0 unspecified atom stereocenters. The van der Waals surface area contributed by atoms with E-state index < -0.39 is 4.92 Å². The average molecular weight is 384 g/mol. The molecule has 3 rings (SSSR count). The summed E-state index contributed by atoms with van der Waals surface area (Å²) < 4.78 is 12.8. The van der Waals surface area contributed by atoms with E-state index in [0.29, 0.717) is 18.8 Å². The number of amides is 1. The first-order valence-electron chi connectivity index (χ1n) is 8.75. The van der Waals surface area contributed by atoms with Crippen LogP contribution in [0.15, 0.2) is 53.2 Å². The van der Waals surface area contributed by atoms with E-state index >= 15 is 0 Å². The van der Waals surface area contributed by atoms with Crippen LogP contribution in [0.1, 0.15) is 28.3 Å². The van der Waals surface area contributed by atoms with Gasteiger partial charge in [-0.3, -0.25) is 19.6 Å². The molecule has 0 aliphatic carbocycles. The van der Waals surface area contributed by atoms with Gasteiger partial charge in [0.2, 0.25) is 0 Å². The Hall–Kier alpha value is -3.62. The number of nitro benzene ring substituents is 1. The Morgan fingerprint density at radius 3 is 2.96 bits per heavy atom. The fourth-order valence-electron chi connectivity index (χ4n) is 2.58. The second-order valence-electron chi connectivity index (χ2n) is 6.16. The van der Waals surface area contributed by atoms with E-state index in [-0.39, 0.29) is 29.7 Å². The third-order valence-corrected chi connectivity index (χ3v) is 3.98. The molecule has 0 saturated heterocycles. The lowest BCUT2D eigenvalue weighted by Gasteiger charge is -2.06. The molecule has 146 valence electrons. The van der Waals surface area contributed by atoms with Gasteiger partial charge >= 0.3 is 5.69 Å². The lowest BCUT2D eigenvalue weighted by molar-refractivity contribution is -0.386.